The Morgan fingerprint density at radius 3 is 2.95 bits per heavy atom. The number of carbonyl (C=O) groups excluding carboxylic acids is 2. The van der Waals surface area contributed by atoms with Crippen molar-refractivity contribution >= 4 is 11.9 Å². The van der Waals surface area contributed by atoms with Gasteiger partial charge in [-0.15, -0.1) is 0 Å². The second-order valence-electron chi connectivity index (χ2n) is 4.85. The first-order chi connectivity index (χ1) is 9.11. The van der Waals surface area contributed by atoms with E-state index in [9.17, 15) is 9.59 Å². The van der Waals surface area contributed by atoms with Crippen LogP contribution in [0, 0.1) is 5.92 Å². The first-order valence-electron chi connectivity index (χ1n) is 6.63. The molecule has 1 aliphatic rings. The minimum absolute atomic E-state index is 0.234. The maximum atomic E-state index is 11.4. The van der Waals surface area contributed by atoms with Crippen LogP contribution >= 0.6 is 0 Å². The van der Waals surface area contributed by atoms with E-state index >= 15 is 0 Å². The Morgan fingerprint density at radius 2 is 2.26 bits per heavy atom. The number of ether oxygens (including phenoxy) is 1. The monoisotopic (exact) mass is 272 g/mol. The fourth-order valence-corrected chi connectivity index (χ4v) is 2.32. The summed E-state index contributed by atoms with van der Waals surface area (Å²) < 4.78 is 4.97. The number of nitrogens with two attached hydrogens (primary N) is 1. The summed E-state index contributed by atoms with van der Waals surface area (Å²) >= 11 is 0. The van der Waals surface area contributed by atoms with Gasteiger partial charge >= 0.3 is 6.03 Å². The van der Waals surface area contributed by atoms with E-state index in [1.807, 2.05) is 0 Å². The highest BCUT2D eigenvalue weighted by molar-refractivity contribution is 5.94. The highest BCUT2D eigenvalue weighted by Crippen LogP contribution is 2.15. The molecule has 1 saturated heterocycles. The average Bonchev–Trinajstić information content (AvgIpc) is 2.34. The quantitative estimate of drug-likeness (QED) is 0.523. The lowest BCUT2D eigenvalue weighted by Crippen LogP contribution is -2.46. The third kappa shape index (κ3) is 7.09. The first kappa shape index (κ1) is 15.9. The summed E-state index contributed by atoms with van der Waals surface area (Å²) in [4.78, 5) is 24.1. The van der Waals surface area contributed by atoms with Crippen LogP contribution in [0.25, 0.3) is 0 Å². The molecule has 1 heterocycles. The Kier molecular flexibility index (Phi) is 7.39. The Labute approximate surface area is 113 Å². The molecule has 0 aliphatic carbocycles. The third-order valence-corrected chi connectivity index (χ3v) is 3.15. The summed E-state index contributed by atoms with van der Waals surface area (Å²) in [6.45, 7) is 4.47. The van der Waals surface area contributed by atoms with Crippen LogP contribution in [0.2, 0.25) is 0 Å². The molecule has 1 unspecified atom stereocenters. The zero-order valence-corrected chi connectivity index (χ0v) is 11.5. The lowest BCUT2D eigenvalue weighted by Gasteiger charge is -2.32. The van der Waals surface area contributed by atoms with Crippen LogP contribution in [0.15, 0.2) is 0 Å². The van der Waals surface area contributed by atoms with Crippen LogP contribution in [-0.4, -0.2) is 63.3 Å². The molecule has 7 heteroatoms. The molecule has 1 rings (SSSR count). The number of amides is 3. The molecule has 3 amide bonds. The van der Waals surface area contributed by atoms with E-state index in [1.165, 1.54) is 0 Å². The van der Waals surface area contributed by atoms with Gasteiger partial charge < -0.3 is 15.8 Å². The normalized spacial score (nSPS) is 20.2. The second kappa shape index (κ2) is 8.84. The first-order valence-corrected chi connectivity index (χ1v) is 6.63. The summed E-state index contributed by atoms with van der Waals surface area (Å²) in [5.74, 6) is 0.201. The SMILES string of the molecule is COCCNCC1CCCN(CC(=O)NC(N)=O)C1. The number of imide groups is 1. The lowest BCUT2D eigenvalue weighted by molar-refractivity contribution is -0.121. The average molecular weight is 272 g/mol. The number of likely N-dealkylation sites (tertiary alicyclic amines) is 1. The van der Waals surface area contributed by atoms with Crippen molar-refractivity contribution < 1.29 is 14.3 Å². The van der Waals surface area contributed by atoms with Gasteiger partial charge in [-0.25, -0.2) is 4.79 Å². The molecule has 0 spiro atoms. The zero-order valence-electron chi connectivity index (χ0n) is 11.5. The molecule has 19 heavy (non-hydrogen) atoms. The number of hydrogen-bond acceptors (Lipinski definition) is 5. The number of methoxy groups -OCH3 is 1. The number of nitrogens with zero attached hydrogens (tertiary/aromatic N) is 1. The van der Waals surface area contributed by atoms with Gasteiger partial charge in [0, 0.05) is 20.2 Å². The molecule has 1 aliphatic heterocycles. The highest BCUT2D eigenvalue weighted by Gasteiger charge is 2.21. The summed E-state index contributed by atoms with van der Waals surface area (Å²) in [5.41, 5.74) is 4.91. The van der Waals surface area contributed by atoms with Crippen LogP contribution in [0.1, 0.15) is 12.8 Å². The van der Waals surface area contributed by atoms with Crippen LogP contribution in [0.4, 0.5) is 4.79 Å². The van der Waals surface area contributed by atoms with E-state index in [0.29, 0.717) is 12.5 Å². The van der Waals surface area contributed by atoms with Crippen LogP contribution in [0.5, 0.6) is 0 Å². The number of rotatable bonds is 7. The summed E-state index contributed by atoms with van der Waals surface area (Å²) in [6.07, 6.45) is 2.23. The Morgan fingerprint density at radius 1 is 1.47 bits per heavy atom. The van der Waals surface area contributed by atoms with Crippen molar-refractivity contribution in [1.29, 1.82) is 0 Å². The number of primary amides is 1. The van der Waals surface area contributed by atoms with Crippen molar-refractivity contribution in [2.24, 2.45) is 11.7 Å². The van der Waals surface area contributed by atoms with Gasteiger partial charge in [0.1, 0.15) is 0 Å². The van der Waals surface area contributed by atoms with E-state index in [4.69, 9.17) is 10.5 Å². The molecule has 0 aromatic rings. The number of urea groups is 1. The molecule has 0 saturated carbocycles. The van der Waals surface area contributed by atoms with Crippen LogP contribution in [0.3, 0.4) is 0 Å². The molecule has 4 N–H and O–H groups in total. The van der Waals surface area contributed by atoms with Crippen molar-refractivity contribution in [2.75, 3.05) is 46.4 Å². The largest absolute Gasteiger partial charge is 0.383 e. The molecule has 0 bridgehead atoms. The minimum atomic E-state index is -0.792. The maximum absolute atomic E-state index is 11.4. The number of nitrogens with one attached hydrogen (secondary N) is 2. The van der Waals surface area contributed by atoms with Gasteiger partial charge in [-0.2, -0.15) is 0 Å². The topological polar surface area (TPSA) is 96.7 Å². The molecular formula is C12H24N4O3. The van der Waals surface area contributed by atoms with Crippen molar-refractivity contribution in [2.45, 2.75) is 12.8 Å². The number of hydrogen-bond donors (Lipinski definition) is 3. The zero-order chi connectivity index (χ0) is 14.1. The Balaban J connectivity index is 2.21. The van der Waals surface area contributed by atoms with E-state index < -0.39 is 6.03 Å². The van der Waals surface area contributed by atoms with E-state index in [1.54, 1.807) is 7.11 Å². The Hall–Kier alpha value is -1.18. The predicted octanol–water partition coefficient (Wildman–Crippen LogP) is -0.871. The van der Waals surface area contributed by atoms with Crippen LogP contribution < -0.4 is 16.4 Å². The van der Waals surface area contributed by atoms with E-state index in [0.717, 1.165) is 39.0 Å². The Bertz CT molecular complexity index is 299. The molecule has 0 aromatic heterocycles. The van der Waals surface area contributed by atoms with Gasteiger partial charge in [0.25, 0.3) is 0 Å². The third-order valence-electron chi connectivity index (χ3n) is 3.15. The lowest BCUT2D eigenvalue weighted by atomic mass is 9.98. The molecule has 7 nitrogen and oxygen atoms in total. The molecule has 0 aromatic carbocycles. The predicted molar refractivity (Wildman–Crippen MR) is 71.6 cm³/mol. The van der Waals surface area contributed by atoms with Crippen molar-refractivity contribution in [3.05, 3.63) is 0 Å². The van der Waals surface area contributed by atoms with Gasteiger partial charge in [0.05, 0.1) is 13.2 Å². The second-order valence-corrected chi connectivity index (χ2v) is 4.85. The van der Waals surface area contributed by atoms with Crippen LogP contribution in [-0.2, 0) is 9.53 Å². The fourth-order valence-electron chi connectivity index (χ4n) is 2.32. The smallest absolute Gasteiger partial charge is 0.318 e. The molecule has 0 radical (unpaired) electrons. The molecule has 110 valence electrons. The number of piperidine rings is 1. The van der Waals surface area contributed by atoms with Gasteiger partial charge in [-0.05, 0) is 31.8 Å². The number of carbonyl (C=O) groups is 2. The summed E-state index contributed by atoms with van der Waals surface area (Å²) in [5, 5.41) is 5.43. The van der Waals surface area contributed by atoms with Crippen molar-refractivity contribution in [3.63, 3.8) is 0 Å². The minimum Gasteiger partial charge on any atom is -0.383 e. The van der Waals surface area contributed by atoms with Gasteiger partial charge in [0.15, 0.2) is 0 Å². The summed E-state index contributed by atoms with van der Waals surface area (Å²) in [6, 6.07) is -0.792. The maximum Gasteiger partial charge on any atom is 0.318 e. The van der Waals surface area contributed by atoms with Gasteiger partial charge in [-0.1, -0.05) is 0 Å². The molecule has 1 fully saturated rings. The molecule has 1 atom stereocenters. The molecular weight excluding hydrogens is 248 g/mol. The van der Waals surface area contributed by atoms with E-state index in [-0.39, 0.29) is 12.5 Å². The standard InChI is InChI=1S/C12H24N4O3/c1-19-6-4-14-7-10-3-2-5-16(8-10)9-11(17)15-12(13)18/h10,14H,2-9H2,1H3,(H3,13,15,17,18). The van der Waals surface area contributed by atoms with Crippen molar-refractivity contribution in [1.82, 2.24) is 15.5 Å². The van der Waals surface area contributed by atoms with Gasteiger partial charge in [0.2, 0.25) is 5.91 Å². The van der Waals surface area contributed by atoms with Crippen molar-refractivity contribution in [3.8, 4) is 0 Å². The van der Waals surface area contributed by atoms with Gasteiger partial charge in [-0.3, -0.25) is 15.0 Å². The summed E-state index contributed by atoms with van der Waals surface area (Å²) in [7, 11) is 1.68. The highest BCUT2D eigenvalue weighted by atomic mass is 16.5. The fraction of sp³-hybridized carbons (Fsp3) is 0.833. The van der Waals surface area contributed by atoms with E-state index in [2.05, 4.69) is 15.5 Å².